The van der Waals surface area contributed by atoms with Crippen molar-refractivity contribution in [1.82, 2.24) is 29.5 Å². The zero-order valence-corrected chi connectivity index (χ0v) is 21.5. The highest BCUT2D eigenvalue weighted by atomic mass is 16.5. The lowest BCUT2D eigenvalue weighted by Gasteiger charge is -2.58. The summed E-state index contributed by atoms with van der Waals surface area (Å²) in [7, 11) is 3.77. The number of methoxy groups -OCH3 is 1. The van der Waals surface area contributed by atoms with Gasteiger partial charge >= 0.3 is 0 Å². The van der Waals surface area contributed by atoms with Crippen LogP contribution in [0, 0.1) is 12.3 Å². The molecule has 1 spiro atoms. The van der Waals surface area contributed by atoms with Gasteiger partial charge in [0.25, 0.3) is 0 Å². The number of rotatable bonds is 6. The third-order valence-corrected chi connectivity index (χ3v) is 7.72. The standard InChI is InChI=1S/C28H28N8O2/c1-17-8-18(4-7-24(17)38-19-5-6-23-21(9-19)32-16-35(23)2)33-26-25-22(30-15-31-26)12-29-27(34-25)36-13-28(14-36)10-20(11-28)37-3/h4-9,12,15-16,20H,10-11,13-14H2,1-3H3,(H,30,31,33). The average molecular weight is 509 g/mol. The number of nitrogens with zero attached hydrogens (tertiary/aromatic N) is 7. The van der Waals surface area contributed by atoms with Gasteiger partial charge in [0.15, 0.2) is 5.82 Å². The number of ether oxygens (including phenoxy) is 2. The smallest absolute Gasteiger partial charge is 0.226 e. The molecule has 2 aliphatic rings. The fourth-order valence-corrected chi connectivity index (χ4v) is 5.61. The molecule has 1 saturated heterocycles. The van der Waals surface area contributed by atoms with Crippen molar-refractivity contribution in [3.8, 4) is 11.5 Å². The van der Waals surface area contributed by atoms with Crippen LogP contribution in [0.3, 0.4) is 0 Å². The van der Waals surface area contributed by atoms with E-state index in [9.17, 15) is 0 Å². The summed E-state index contributed by atoms with van der Waals surface area (Å²) < 4.78 is 13.6. The first-order chi connectivity index (χ1) is 18.5. The third kappa shape index (κ3) is 3.88. The number of hydrogen-bond acceptors (Lipinski definition) is 9. The van der Waals surface area contributed by atoms with E-state index >= 15 is 0 Å². The molecule has 10 heteroatoms. The molecule has 0 amide bonds. The van der Waals surface area contributed by atoms with Crippen molar-refractivity contribution >= 4 is 39.5 Å². The number of nitrogens with one attached hydrogen (secondary N) is 1. The quantitative estimate of drug-likeness (QED) is 0.347. The van der Waals surface area contributed by atoms with E-state index in [1.807, 2.05) is 54.9 Å². The molecular weight excluding hydrogens is 480 g/mol. The normalized spacial score (nSPS) is 16.6. The molecule has 38 heavy (non-hydrogen) atoms. The molecule has 2 fully saturated rings. The van der Waals surface area contributed by atoms with Crippen LogP contribution in [-0.4, -0.2) is 55.8 Å². The molecule has 0 atom stereocenters. The number of hydrogen-bond donors (Lipinski definition) is 1. The molecule has 1 saturated carbocycles. The minimum absolute atomic E-state index is 0.359. The zero-order chi connectivity index (χ0) is 25.9. The molecule has 2 aromatic carbocycles. The van der Waals surface area contributed by atoms with E-state index in [4.69, 9.17) is 14.5 Å². The maximum Gasteiger partial charge on any atom is 0.226 e. The van der Waals surface area contributed by atoms with Gasteiger partial charge in [0.05, 0.1) is 29.7 Å². The minimum Gasteiger partial charge on any atom is -0.457 e. The van der Waals surface area contributed by atoms with E-state index in [0.29, 0.717) is 34.3 Å². The number of anilines is 3. The van der Waals surface area contributed by atoms with Crippen LogP contribution in [0.2, 0.25) is 0 Å². The summed E-state index contributed by atoms with van der Waals surface area (Å²) in [5.74, 6) is 2.89. The van der Waals surface area contributed by atoms with Crippen molar-refractivity contribution in [3.63, 3.8) is 0 Å². The Bertz CT molecular complexity index is 1670. The minimum atomic E-state index is 0.359. The second kappa shape index (κ2) is 8.63. The Balaban J connectivity index is 1.09. The summed E-state index contributed by atoms with van der Waals surface area (Å²) in [6.07, 6.45) is 7.72. The van der Waals surface area contributed by atoms with Crippen LogP contribution >= 0.6 is 0 Å². The monoisotopic (exact) mass is 508 g/mol. The van der Waals surface area contributed by atoms with Crippen LogP contribution in [0.25, 0.3) is 22.1 Å². The van der Waals surface area contributed by atoms with Gasteiger partial charge in [0, 0.05) is 44.4 Å². The van der Waals surface area contributed by atoms with Crippen molar-refractivity contribution in [1.29, 1.82) is 0 Å². The lowest BCUT2D eigenvalue weighted by Crippen LogP contribution is -2.64. The number of aromatic nitrogens is 6. The molecule has 5 aromatic rings. The molecule has 1 N–H and O–H groups in total. The predicted octanol–water partition coefficient (Wildman–Crippen LogP) is 4.77. The van der Waals surface area contributed by atoms with Gasteiger partial charge in [0.1, 0.15) is 28.9 Å². The molecule has 4 heterocycles. The van der Waals surface area contributed by atoms with E-state index in [-0.39, 0.29) is 0 Å². The molecule has 1 aliphatic heterocycles. The van der Waals surface area contributed by atoms with Gasteiger partial charge in [0.2, 0.25) is 5.95 Å². The first-order valence-corrected chi connectivity index (χ1v) is 12.7. The second-order valence-electron chi connectivity index (χ2n) is 10.5. The van der Waals surface area contributed by atoms with Gasteiger partial charge in [-0.05, 0) is 55.7 Å². The molecule has 7 rings (SSSR count). The van der Waals surface area contributed by atoms with Gasteiger partial charge in [-0.1, -0.05) is 0 Å². The van der Waals surface area contributed by atoms with Gasteiger partial charge in [-0.2, -0.15) is 0 Å². The Kier molecular flexibility index (Phi) is 5.19. The summed E-state index contributed by atoms with van der Waals surface area (Å²) in [5.41, 5.74) is 5.60. The molecule has 0 radical (unpaired) electrons. The van der Waals surface area contributed by atoms with Crippen LogP contribution in [0.1, 0.15) is 18.4 Å². The Morgan fingerprint density at radius 1 is 1.00 bits per heavy atom. The zero-order valence-electron chi connectivity index (χ0n) is 21.5. The second-order valence-corrected chi connectivity index (χ2v) is 10.5. The SMILES string of the molecule is COC1CC2(C1)CN(c1ncc3ncnc(Nc4ccc(Oc5ccc6c(c5)ncn6C)c(C)c4)c3n1)C2. The van der Waals surface area contributed by atoms with E-state index in [0.717, 1.165) is 59.7 Å². The third-order valence-electron chi connectivity index (χ3n) is 7.72. The fraction of sp³-hybridized carbons (Fsp3) is 0.321. The van der Waals surface area contributed by atoms with Crippen molar-refractivity contribution in [2.75, 3.05) is 30.4 Å². The van der Waals surface area contributed by atoms with E-state index < -0.39 is 0 Å². The van der Waals surface area contributed by atoms with E-state index in [2.05, 4.69) is 30.2 Å². The average Bonchev–Trinajstić information content (AvgIpc) is 3.24. The highest BCUT2D eigenvalue weighted by molar-refractivity contribution is 5.87. The molecule has 0 bridgehead atoms. The predicted molar refractivity (Wildman–Crippen MR) is 145 cm³/mol. The largest absolute Gasteiger partial charge is 0.457 e. The molecule has 192 valence electrons. The van der Waals surface area contributed by atoms with Crippen LogP contribution in [0.15, 0.2) is 55.2 Å². The van der Waals surface area contributed by atoms with E-state index in [1.165, 1.54) is 6.33 Å². The fourth-order valence-electron chi connectivity index (χ4n) is 5.61. The Labute approximate surface area is 219 Å². The van der Waals surface area contributed by atoms with Crippen LogP contribution < -0.4 is 15.0 Å². The number of imidazole rings is 1. The van der Waals surface area contributed by atoms with E-state index in [1.54, 1.807) is 19.6 Å². The molecule has 0 unspecified atom stereocenters. The molecule has 1 aliphatic carbocycles. The number of benzene rings is 2. The summed E-state index contributed by atoms with van der Waals surface area (Å²) in [6.45, 7) is 3.94. The summed E-state index contributed by atoms with van der Waals surface area (Å²) >= 11 is 0. The number of fused-ring (bicyclic) bond motifs is 2. The number of aryl methyl sites for hydroxylation is 2. The van der Waals surface area contributed by atoms with Crippen molar-refractivity contribution in [3.05, 3.63) is 60.8 Å². The maximum atomic E-state index is 6.17. The van der Waals surface area contributed by atoms with Gasteiger partial charge < -0.3 is 24.3 Å². The summed E-state index contributed by atoms with van der Waals surface area (Å²) in [5, 5.41) is 3.42. The highest BCUT2D eigenvalue weighted by Crippen LogP contribution is 2.50. The van der Waals surface area contributed by atoms with Crippen molar-refractivity contribution in [2.45, 2.75) is 25.9 Å². The maximum absolute atomic E-state index is 6.17. The molecule has 3 aromatic heterocycles. The van der Waals surface area contributed by atoms with Crippen molar-refractivity contribution < 1.29 is 9.47 Å². The summed E-state index contributed by atoms with van der Waals surface area (Å²) in [4.78, 5) is 24.9. The van der Waals surface area contributed by atoms with Gasteiger partial charge in [-0.15, -0.1) is 0 Å². The molecule has 10 nitrogen and oxygen atoms in total. The highest BCUT2D eigenvalue weighted by Gasteiger charge is 2.53. The van der Waals surface area contributed by atoms with Crippen LogP contribution in [0.4, 0.5) is 17.5 Å². The van der Waals surface area contributed by atoms with Gasteiger partial charge in [-0.3, -0.25) is 0 Å². The topological polar surface area (TPSA) is 103 Å². The lowest BCUT2D eigenvalue weighted by atomic mass is 9.62. The van der Waals surface area contributed by atoms with Gasteiger partial charge in [-0.25, -0.2) is 24.9 Å². The van der Waals surface area contributed by atoms with Crippen molar-refractivity contribution in [2.24, 2.45) is 12.5 Å². The Hall–Kier alpha value is -4.31. The lowest BCUT2D eigenvalue weighted by molar-refractivity contribution is -0.0735. The summed E-state index contributed by atoms with van der Waals surface area (Å²) in [6, 6.07) is 11.9. The first kappa shape index (κ1) is 22.9. The van der Waals surface area contributed by atoms with Crippen LogP contribution in [0.5, 0.6) is 11.5 Å². The first-order valence-electron chi connectivity index (χ1n) is 12.7. The van der Waals surface area contributed by atoms with Crippen LogP contribution in [-0.2, 0) is 11.8 Å². The Morgan fingerprint density at radius 2 is 1.87 bits per heavy atom. The molecular formula is C28H28N8O2. The Morgan fingerprint density at radius 3 is 2.68 bits per heavy atom.